The summed E-state index contributed by atoms with van der Waals surface area (Å²) in [5, 5.41) is 0. The van der Waals surface area contributed by atoms with Gasteiger partial charge in [0.25, 0.3) is 0 Å². The predicted octanol–water partition coefficient (Wildman–Crippen LogP) is 4.77. The zero-order valence-electron chi connectivity index (χ0n) is 12.4. The Morgan fingerprint density at radius 1 is 1.00 bits per heavy atom. The minimum atomic E-state index is 0.205. The van der Waals surface area contributed by atoms with Crippen molar-refractivity contribution in [3.63, 3.8) is 0 Å². The van der Waals surface area contributed by atoms with Gasteiger partial charge in [0.15, 0.2) is 0 Å². The zero-order chi connectivity index (χ0) is 13.2. The highest BCUT2D eigenvalue weighted by Crippen LogP contribution is 2.32. The standard InChI is InChI=1S/C16H27N/c1-11(2)15(12(3)4)14-10-13(8-9-17-14)16(5,6)7/h8-12,15H,1-7H3. The Balaban J connectivity index is 3.14. The molecule has 1 rings (SSSR count). The lowest BCUT2D eigenvalue weighted by atomic mass is 9.80. The molecule has 1 aromatic heterocycles. The highest BCUT2D eigenvalue weighted by molar-refractivity contribution is 5.25. The second-order valence-corrected chi connectivity index (χ2v) is 6.73. The quantitative estimate of drug-likeness (QED) is 0.732. The van der Waals surface area contributed by atoms with E-state index >= 15 is 0 Å². The molecular formula is C16H27N. The van der Waals surface area contributed by atoms with Crippen LogP contribution in [0.1, 0.15) is 65.6 Å². The number of rotatable bonds is 3. The molecule has 0 radical (unpaired) electrons. The van der Waals surface area contributed by atoms with Gasteiger partial charge in [0.2, 0.25) is 0 Å². The van der Waals surface area contributed by atoms with E-state index in [1.807, 2.05) is 6.20 Å². The van der Waals surface area contributed by atoms with Gasteiger partial charge in [-0.3, -0.25) is 4.98 Å². The first kappa shape index (κ1) is 14.2. The maximum atomic E-state index is 4.60. The number of hydrogen-bond acceptors (Lipinski definition) is 1. The van der Waals surface area contributed by atoms with Crippen molar-refractivity contribution >= 4 is 0 Å². The van der Waals surface area contributed by atoms with Crippen LogP contribution in [0.15, 0.2) is 18.3 Å². The molecule has 0 aliphatic heterocycles. The lowest BCUT2D eigenvalue weighted by molar-refractivity contribution is 0.379. The normalized spacial score (nSPS) is 12.8. The van der Waals surface area contributed by atoms with Crippen LogP contribution in [-0.2, 0) is 5.41 Å². The van der Waals surface area contributed by atoms with Gasteiger partial charge in [-0.2, -0.15) is 0 Å². The molecule has 1 aromatic rings. The fourth-order valence-corrected chi connectivity index (χ4v) is 2.55. The van der Waals surface area contributed by atoms with Gasteiger partial charge in [-0.15, -0.1) is 0 Å². The summed E-state index contributed by atoms with van der Waals surface area (Å²) in [5.74, 6) is 1.83. The van der Waals surface area contributed by atoms with E-state index in [2.05, 4.69) is 65.6 Å². The fraction of sp³-hybridized carbons (Fsp3) is 0.688. The van der Waals surface area contributed by atoms with Crippen LogP contribution < -0.4 is 0 Å². The molecule has 0 aromatic carbocycles. The van der Waals surface area contributed by atoms with Crippen LogP contribution >= 0.6 is 0 Å². The zero-order valence-corrected chi connectivity index (χ0v) is 12.4. The van der Waals surface area contributed by atoms with Crippen LogP contribution in [0, 0.1) is 11.8 Å². The topological polar surface area (TPSA) is 12.9 Å². The van der Waals surface area contributed by atoms with Crippen molar-refractivity contribution in [2.45, 2.75) is 59.8 Å². The van der Waals surface area contributed by atoms with Crippen molar-refractivity contribution in [1.82, 2.24) is 4.98 Å². The summed E-state index contributed by atoms with van der Waals surface area (Å²) < 4.78 is 0. The summed E-state index contributed by atoms with van der Waals surface area (Å²) in [5.41, 5.74) is 2.84. The van der Waals surface area contributed by atoms with Crippen molar-refractivity contribution in [2.75, 3.05) is 0 Å². The van der Waals surface area contributed by atoms with Gasteiger partial charge in [-0.25, -0.2) is 0 Å². The van der Waals surface area contributed by atoms with Gasteiger partial charge in [-0.1, -0.05) is 48.5 Å². The Hall–Kier alpha value is -0.850. The molecule has 1 heteroatoms. The minimum absolute atomic E-state index is 0.205. The average Bonchev–Trinajstić information content (AvgIpc) is 2.15. The van der Waals surface area contributed by atoms with Crippen LogP contribution in [0.2, 0.25) is 0 Å². The average molecular weight is 233 g/mol. The van der Waals surface area contributed by atoms with E-state index in [4.69, 9.17) is 0 Å². The van der Waals surface area contributed by atoms with Crippen molar-refractivity contribution < 1.29 is 0 Å². The summed E-state index contributed by atoms with van der Waals surface area (Å²) in [4.78, 5) is 4.60. The summed E-state index contributed by atoms with van der Waals surface area (Å²) in [6, 6.07) is 4.44. The third-order valence-electron chi connectivity index (χ3n) is 3.43. The van der Waals surface area contributed by atoms with Gasteiger partial charge < -0.3 is 0 Å². The summed E-state index contributed by atoms with van der Waals surface area (Å²) in [6.07, 6.45) is 1.97. The largest absolute Gasteiger partial charge is 0.261 e. The fourth-order valence-electron chi connectivity index (χ4n) is 2.55. The lowest BCUT2D eigenvalue weighted by Crippen LogP contribution is -2.17. The van der Waals surface area contributed by atoms with Crippen molar-refractivity contribution in [3.05, 3.63) is 29.6 Å². The van der Waals surface area contributed by atoms with E-state index in [1.54, 1.807) is 0 Å². The van der Waals surface area contributed by atoms with Crippen LogP contribution in [0.4, 0.5) is 0 Å². The molecule has 0 aliphatic rings. The molecule has 1 heterocycles. The maximum Gasteiger partial charge on any atom is 0.0442 e. The number of aromatic nitrogens is 1. The van der Waals surface area contributed by atoms with Crippen molar-refractivity contribution in [1.29, 1.82) is 0 Å². The van der Waals surface area contributed by atoms with Gasteiger partial charge in [0.1, 0.15) is 0 Å². The summed E-state index contributed by atoms with van der Waals surface area (Å²) in [7, 11) is 0. The first-order chi connectivity index (χ1) is 7.73. The van der Waals surface area contributed by atoms with Crippen molar-refractivity contribution in [3.8, 4) is 0 Å². The van der Waals surface area contributed by atoms with Gasteiger partial charge >= 0.3 is 0 Å². The molecule has 0 amide bonds. The molecule has 0 N–H and O–H groups in total. The SMILES string of the molecule is CC(C)C(c1cc(C(C)(C)C)ccn1)C(C)C. The van der Waals surface area contributed by atoms with Crippen LogP contribution in [-0.4, -0.2) is 4.98 Å². The highest BCUT2D eigenvalue weighted by atomic mass is 14.7. The van der Waals surface area contributed by atoms with Gasteiger partial charge in [-0.05, 0) is 34.9 Å². The minimum Gasteiger partial charge on any atom is -0.261 e. The summed E-state index contributed by atoms with van der Waals surface area (Å²) >= 11 is 0. The van der Waals surface area contributed by atoms with Crippen LogP contribution in [0.5, 0.6) is 0 Å². The Kier molecular flexibility index (Phi) is 4.35. The smallest absolute Gasteiger partial charge is 0.0442 e. The summed E-state index contributed by atoms with van der Waals surface area (Å²) in [6.45, 7) is 15.9. The molecule has 0 saturated heterocycles. The van der Waals surface area contributed by atoms with Crippen LogP contribution in [0.25, 0.3) is 0 Å². The molecule has 0 bridgehead atoms. The molecule has 0 saturated carbocycles. The van der Waals surface area contributed by atoms with Crippen molar-refractivity contribution in [2.24, 2.45) is 11.8 Å². The number of pyridine rings is 1. The van der Waals surface area contributed by atoms with E-state index in [0.717, 1.165) is 0 Å². The van der Waals surface area contributed by atoms with E-state index in [0.29, 0.717) is 17.8 Å². The Labute approximate surface area is 107 Å². The van der Waals surface area contributed by atoms with E-state index < -0.39 is 0 Å². The molecular weight excluding hydrogens is 206 g/mol. The Morgan fingerprint density at radius 3 is 1.94 bits per heavy atom. The van der Waals surface area contributed by atoms with E-state index in [-0.39, 0.29) is 5.41 Å². The lowest BCUT2D eigenvalue weighted by Gasteiger charge is -2.26. The molecule has 0 aliphatic carbocycles. The Bertz CT molecular complexity index is 350. The molecule has 0 unspecified atom stereocenters. The molecule has 17 heavy (non-hydrogen) atoms. The number of nitrogens with zero attached hydrogens (tertiary/aromatic N) is 1. The molecule has 0 atom stereocenters. The molecule has 0 fully saturated rings. The first-order valence-electron chi connectivity index (χ1n) is 6.70. The second-order valence-electron chi connectivity index (χ2n) is 6.73. The van der Waals surface area contributed by atoms with Gasteiger partial charge in [0, 0.05) is 17.8 Å². The second kappa shape index (κ2) is 5.20. The highest BCUT2D eigenvalue weighted by Gasteiger charge is 2.23. The molecule has 0 spiro atoms. The van der Waals surface area contributed by atoms with Gasteiger partial charge in [0.05, 0.1) is 0 Å². The maximum absolute atomic E-state index is 4.60. The van der Waals surface area contributed by atoms with E-state index in [9.17, 15) is 0 Å². The van der Waals surface area contributed by atoms with E-state index in [1.165, 1.54) is 11.3 Å². The third-order valence-corrected chi connectivity index (χ3v) is 3.43. The molecule has 1 nitrogen and oxygen atoms in total. The first-order valence-corrected chi connectivity index (χ1v) is 6.70. The molecule has 96 valence electrons. The number of hydrogen-bond donors (Lipinski definition) is 0. The van der Waals surface area contributed by atoms with Crippen LogP contribution in [0.3, 0.4) is 0 Å². The third kappa shape index (κ3) is 3.55. The monoisotopic (exact) mass is 233 g/mol. The Morgan fingerprint density at radius 2 is 1.53 bits per heavy atom. The predicted molar refractivity (Wildman–Crippen MR) is 75.4 cm³/mol.